The van der Waals surface area contributed by atoms with Gasteiger partial charge in [0, 0.05) is 13.0 Å². The van der Waals surface area contributed by atoms with Gasteiger partial charge in [0.1, 0.15) is 0 Å². The molecule has 0 fully saturated rings. The first-order valence-corrected chi connectivity index (χ1v) is 6.74. The molecular weight excluding hydrogens is 222 g/mol. The minimum atomic E-state index is 0.155. The topological polar surface area (TPSA) is 29.1 Å². The molecule has 1 N–H and O–H groups in total. The highest BCUT2D eigenvalue weighted by Gasteiger charge is 2.00. The number of rotatable bonds is 9. The van der Waals surface area contributed by atoms with E-state index in [-0.39, 0.29) is 5.91 Å². The standard InChI is InChI=1S/C16H23NO/c1-2-3-4-5-9-14-17-16(18)13-12-15-10-7-6-8-11-15/h2,6-8,10-11H,1,3-5,9,12-14H2,(H,17,18). The van der Waals surface area contributed by atoms with Crippen LogP contribution in [0.2, 0.25) is 0 Å². The maximum atomic E-state index is 11.6. The summed E-state index contributed by atoms with van der Waals surface area (Å²) in [7, 11) is 0. The van der Waals surface area contributed by atoms with Crippen molar-refractivity contribution in [2.75, 3.05) is 6.54 Å². The molecule has 0 atom stereocenters. The normalized spacial score (nSPS) is 10.0. The number of benzene rings is 1. The number of hydrogen-bond acceptors (Lipinski definition) is 1. The van der Waals surface area contributed by atoms with Crippen molar-refractivity contribution in [3.63, 3.8) is 0 Å². The van der Waals surface area contributed by atoms with Crippen molar-refractivity contribution in [2.24, 2.45) is 0 Å². The lowest BCUT2D eigenvalue weighted by molar-refractivity contribution is -0.121. The van der Waals surface area contributed by atoms with Gasteiger partial charge in [0.2, 0.25) is 5.91 Å². The summed E-state index contributed by atoms with van der Waals surface area (Å²) in [6, 6.07) is 10.1. The molecule has 98 valence electrons. The molecule has 2 nitrogen and oxygen atoms in total. The molecule has 0 aliphatic carbocycles. The summed E-state index contributed by atoms with van der Waals surface area (Å²) < 4.78 is 0. The molecule has 1 amide bonds. The van der Waals surface area contributed by atoms with Crippen LogP contribution in [0.25, 0.3) is 0 Å². The zero-order chi connectivity index (χ0) is 13.1. The summed E-state index contributed by atoms with van der Waals surface area (Å²) >= 11 is 0. The van der Waals surface area contributed by atoms with Gasteiger partial charge in [-0.3, -0.25) is 4.79 Å². The van der Waals surface area contributed by atoms with E-state index in [9.17, 15) is 4.79 Å². The lowest BCUT2D eigenvalue weighted by Crippen LogP contribution is -2.24. The fraction of sp³-hybridized carbons (Fsp3) is 0.438. The van der Waals surface area contributed by atoms with Crippen molar-refractivity contribution < 1.29 is 4.79 Å². The number of allylic oxidation sites excluding steroid dienone is 1. The number of carbonyl (C=O) groups is 1. The molecule has 0 bridgehead atoms. The predicted octanol–water partition coefficient (Wildman–Crippen LogP) is 3.48. The van der Waals surface area contributed by atoms with Crippen LogP contribution in [0, 0.1) is 0 Å². The maximum absolute atomic E-state index is 11.6. The van der Waals surface area contributed by atoms with Crippen molar-refractivity contribution in [3.05, 3.63) is 48.6 Å². The predicted molar refractivity (Wildman–Crippen MR) is 76.4 cm³/mol. The number of carbonyl (C=O) groups excluding carboxylic acids is 1. The van der Waals surface area contributed by atoms with Crippen LogP contribution < -0.4 is 5.32 Å². The highest BCUT2D eigenvalue weighted by molar-refractivity contribution is 5.76. The van der Waals surface area contributed by atoms with Crippen LogP contribution in [-0.4, -0.2) is 12.5 Å². The Hall–Kier alpha value is -1.57. The fourth-order valence-electron chi connectivity index (χ4n) is 1.81. The van der Waals surface area contributed by atoms with Crippen LogP contribution in [0.15, 0.2) is 43.0 Å². The lowest BCUT2D eigenvalue weighted by Gasteiger charge is -2.05. The Labute approximate surface area is 110 Å². The Bertz CT molecular complexity index is 345. The molecule has 0 aliphatic heterocycles. The van der Waals surface area contributed by atoms with E-state index in [2.05, 4.69) is 24.0 Å². The van der Waals surface area contributed by atoms with Gasteiger partial charge in [-0.1, -0.05) is 42.8 Å². The van der Waals surface area contributed by atoms with E-state index < -0.39 is 0 Å². The minimum absolute atomic E-state index is 0.155. The van der Waals surface area contributed by atoms with E-state index in [1.807, 2.05) is 24.3 Å². The third-order valence-electron chi connectivity index (χ3n) is 2.89. The molecule has 0 radical (unpaired) electrons. The summed E-state index contributed by atoms with van der Waals surface area (Å²) in [5.41, 5.74) is 1.22. The van der Waals surface area contributed by atoms with E-state index in [0.29, 0.717) is 6.42 Å². The first-order chi connectivity index (χ1) is 8.83. The molecule has 0 aliphatic rings. The van der Waals surface area contributed by atoms with Gasteiger partial charge in [0.15, 0.2) is 0 Å². The molecule has 0 saturated carbocycles. The molecule has 1 rings (SSSR count). The quantitative estimate of drug-likeness (QED) is 0.524. The largest absolute Gasteiger partial charge is 0.356 e. The zero-order valence-corrected chi connectivity index (χ0v) is 11.0. The number of hydrogen-bond donors (Lipinski definition) is 1. The van der Waals surface area contributed by atoms with Crippen molar-refractivity contribution in [1.82, 2.24) is 5.32 Å². The fourth-order valence-corrected chi connectivity index (χ4v) is 1.81. The molecule has 1 aromatic carbocycles. The van der Waals surface area contributed by atoms with Gasteiger partial charge in [-0.05, 0) is 31.2 Å². The van der Waals surface area contributed by atoms with Gasteiger partial charge in [-0.2, -0.15) is 0 Å². The summed E-state index contributed by atoms with van der Waals surface area (Å²) in [5, 5.41) is 2.97. The Morgan fingerprint density at radius 3 is 2.67 bits per heavy atom. The van der Waals surface area contributed by atoms with E-state index in [0.717, 1.165) is 32.2 Å². The van der Waals surface area contributed by atoms with Crippen molar-refractivity contribution >= 4 is 5.91 Å². The first kappa shape index (κ1) is 14.5. The van der Waals surface area contributed by atoms with Crippen LogP contribution in [0.3, 0.4) is 0 Å². The lowest BCUT2D eigenvalue weighted by atomic mass is 10.1. The third-order valence-corrected chi connectivity index (χ3v) is 2.89. The number of unbranched alkanes of at least 4 members (excludes halogenated alkanes) is 3. The Kier molecular flexibility index (Phi) is 7.61. The van der Waals surface area contributed by atoms with E-state index in [1.54, 1.807) is 0 Å². The van der Waals surface area contributed by atoms with Crippen LogP contribution in [0.1, 0.15) is 37.7 Å². The highest BCUT2D eigenvalue weighted by atomic mass is 16.1. The van der Waals surface area contributed by atoms with Gasteiger partial charge in [-0.25, -0.2) is 0 Å². The Balaban J connectivity index is 2.02. The van der Waals surface area contributed by atoms with Crippen molar-refractivity contribution in [1.29, 1.82) is 0 Å². The summed E-state index contributed by atoms with van der Waals surface area (Å²) in [6.07, 6.45) is 7.81. The van der Waals surface area contributed by atoms with E-state index in [4.69, 9.17) is 0 Å². The average molecular weight is 245 g/mol. The van der Waals surface area contributed by atoms with Crippen molar-refractivity contribution in [3.8, 4) is 0 Å². The zero-order valence-electron chi connectivity index (χ0n) is 11.0. The molecule has 0 aromatic heterocycles. The van der Waals surface area contributed by atoms with Gasteiger partial charge < -0.3 is 5.32 Å². The number of amides is 1. The van der Waals surface area contributed by atoms with Crippen LogP contribution >= 0.6 is 0 Å². The molecule has 1 aromatic rings. The minimum Gasteiger partial charge on any atom is -0.356 e. The van der Waals surface area contributed by atoms with Crippen LogP contribution in [0.4, 0.5) is 0 Å². The SMILES string of the molecule is C=CCCCCCNC(=O)CCc1ccccc1. The smallest absolute Gasteiger partial charge is 0.220 e. The summed E-state index contributed by atoms with van der Waals surface area (Å²) in [5.74, 6) is 0.155. The third kappa shape index (κ3) is 6.89. The molecule has 2 heteroatoms. The van der Waals surface area contributed by atoms with E-state index >= 15 is 0 Å². The highest BCUT2D eigenvalue weighted by Crippen LogP contribution is 2.02. The molecule has 0 saturated heterocycles. The van der Waals surface area contributed by atoms with Crippen LogP contribution in [0.5, 0.6) is 0 Å². The monoisotopic (exact) mass is 245 g/mol. The molecule has 0 unspecified atom stereocenters. The first-order valence-electron chi connectivity index (χ1n) is 6.74. The van der Waals surface area contributed by atoms with Gasteiger partial charge in [0.05, 0.1) is 0 Å². The number of nitrogens with one attached hydrogen (secondary N) is 1. The molecular formula is C16H23NO. The van der Waals surface area contributed by atoms with Gasteiger partial charge >= 0.3 is 0 Å². The number of aryl methyl sites for hydroxylation is 1. The second-order valence-electron chi connectivity index (χ2n) is 4.47. The van der Waals surface area contributed by atoms with E-state index in [1.165, 1.54) is 12.0 Å². The van der Waals surface area contributed by atoms with Crippen molar-refractivity contribution in [2.45, 2.75) is 38.5 Å². The van der Waals surface area contributed by atoms with Crippen LogP contribution in [-0.2, 0) is 11.2 Å². The second-order valence-corrected chi connectivity index (χ2v) is 4.47. The van der Waals surface area contributed by atoms with Gasteiger partial charge in [0.25, 0.3) is 0 Å². The van der Waals surface area contributed by atoms with Gasteiger partial charge in [-0.15, -0.1) is 6.58 Å². The Morgan fingerprint density at radius 1 is 1.17 bits per heavy atom. The summed E-state index contributed by atoms with van der Waals surface area (Å²) in [6.45, 7) is 4.49. The maximum Gasteiger partial charge on any atom is 0.220 e. The molecule has 0 heterocycles. The Morgan fingerprint density at radius 2 is 1.94 bits per heavy atom. The molecule has 18 heavy (non-hydrogen) atoms. The average Bonchev–Trinajstić information content (AvgIpc) is 2.41. The second kappa shape index (κ2) is 9.46. The summed E-state index contributed by atoms with van der Waals surface area (Å²) in [4.78, 5) is 11.6. The molecule has 0 spiro atoms.